The molecule has 8 heteroatoms. The van der Waals surface area contributed by atoms with E-state index in [1.165, 1.54) is 116 Å². The summed E-state index contributed by atoms with van der Waals surface area (Å²) >= 11 is 0. The summed E-state index contributed by atoms with van der Waals surface area (Å²) in [5.41, 5.74) is -1.26. The van der Waals surface area contributed by atoms with Gasteiger partial charge in [0.2, 0.25) is 0 Å². The Kier molecular flexibility index (Phi) is 44.6. The van der Waals surface area contributed by atoms with Crippen molar-refractivity contribution in [2.45, 2.75) is 272 Å². The number of carbonyl (C=O) groups excluding carboxylic acids is 3. The summed E-state index contributed by atoms with van der Waals surface area (Å²) in [6.45, 7) is 14.9. The maximum atomic E-state index is 13.8. The van der Waals surface area contributed by atoms with Crippen molar-refractivity contribution >= 4 is 17.9 Å². The summed E-state index contributed by atoms with van der Waals surface area (Å²) < 4.78 is 17.5. The predicted octanol–water partition coefficient (Wildman–Crippen LogP) is 15.0. The zero-order valence-corrected chi connectivity index (χ0v) is 42.0. The van der Waals surface area contributed by atoms with Crippen molar-refractivity contribution in [1.82, 2.24) is 4.90 Å². The van der Waals surface area contributed by atoms with Crippen LogP contribution in [0.25, 0.3) is 0 Å². The number of hydrogen-bond acceptors (Lipinski definition) is 8. The van der Waals surface area contributed by atoms with E-state index >= 15 is 0 Å². The highest BCUT2D eigenvalue weighted by Crippen LogP contribution is 2.33. The summed E-state index contributed by atoms with van der Waals surface area (Å²) in [6, 6.07) is 0. The molecule has 0 aliphatic rings. The number of unbranched alkanes of at least 4 members (excludes halogenated alkanes) is 26. The zero-order valence-electron chi connectivity index (χ0n) is 42.0. The first-order chi connectivity index (χ1) is 30.4. The van der Waals surface area contributed by atoms with Gasteiger partial charge in [0.1, 0.15) is 0 Å². The molecule has 0 amide bonds. The molecule has 8 nitrogen and oxygen atoms in total. The average molecular weight is 880 g/mol. The lowest BCUT2D eigenvalue weighted by molar-refractivity contribution is -0.174. The van der Waals surface area contributed by atoms with E-state index in [4.69, 9.17) is 14.2 Å². The van der Waals surface area contributed by atoms with Gasteiger partial charge in [-0.1, -0.05) is 208 Å². The molecule has 368 valence electrons. The van der Waals surface area contributed by atoms with E-state index in [9.17, 15) is 19.5 Å². The minimum Gasteiger partial charge on any atom is -0.465 e. The van der Waals surface area contributed by atoms with Crippen molar-refractivity contribution < 1.29 is 33.7 Å². The van der Waals surface area contributed by atoms with Crippen LogP contribution in [-0.4, -0.2) is 74.0 Å². The van der Waals surface area contributed by atoms with Crippen LogP contribution in [0.5, 0.6) is 0 Å². The molecule has 1 atom stereocenters. The molecule has 0 spiro atoms. The average Bonchev–Trinajstić information content (AvgIpc) is 3.28. The minimum absolute atomic E-state index is 0.0193. The summed E-state index contributed by atoms with van der Waals surface area (Å²) in [6.07, 6.45) is 40.1. The first-order valence-corrected chi connectivity index (χ1v) is 27.2. The fraction of sp³-hybridized carbons (Fsp3) is 0.944. The van der Waals surface area contributed by atoms with E-state index in [2.05, 4.69) is 32.6 Å². The van der Waals surface area contributed by atoms with Crippen LogP contribution in [0.15, 0.2) is 0 Å². The fourth-order valence-electron chi connectivity index (χ4n) is 8.67. The van der Waals surface area contributed by atoms with Gasteiger partial charge in [-0.3, -0.25) is 14.4 Å². The van der Waals surface area contributed by atoms with Crippen LogP contribution >= 0.6 is 0 Å². The first kappa shape index (κ1) is 60.3. The quantitative estimate of drug-likeness (QED) is 0.0279. The standard InChI is InChI=1S/C54H105NO7/c1-6-11-15-19-22-24-28-37-48-61-52(58)54(10-5,53(59)62-49-38-29-25-23-20-16-12-7-2)42-33-35-44-55(45-39-46-56)43-34-27-30-36-47-60-51(57)50(40-31-18-14-9-4)41-32-26-21-17-13-8-3/h50,56H,6-49H2,1-5H3. The maximum absolute atomic E-state index is 13.8. The molecule has 0 aromatic heterocycles. The van der Waals surface area contributed by atoms with Crippen molar-refractivity contribution in [3.8, 4) is 0 Å². The van der Waals surface area contributed by atoms with Crippen LogP contribution < -0.4 is 0 Å². The Bertz CT molecular complexity index is 956. The Morgan fingerprint density at radius 3 is 1.18 bits per heavy atom. The number of ether oxygens (including phenoxy) is 3. The SMILES string of the molecule is CCCCCCCCCCOC(=O)C(CC)(CCCCN(CCCO)CCCCCCOC(=O)C(CCCCCC)CCCCCCCC)C(=O)OCCCCCCCCCC. The molecule has 0 heterocycles. The molecule has 0 radical (unpaired) electrons. The van der Waals surface area contributed by atoms with E-state index < -0.39 is 17.4 Å². The zero-order chi connectivity index (χ0) is 45.6. The van der Waals surface area contributed by atoms with Crippen molar-refractivity contribution in [1.29, 1.82) is 0 Å². The van der Waals surface area contributed by atoms with E-state index in [0.717, 1.165) is 129 Å². The number of esters is 3. The number of aliphatic hydroxyl groups is 1. The molecule has 62 heavy (non-hydrogen) atoms. The third kappa shape index (κ3) is 33.8. The van der Waals surface area contributed by atoms with Crippen molar-refractivity contribution in [2.75, 3.05) is 46.1 Å². The Balaban J connectivity index is 4.99. The molecule has 0 saturated heterocycles. The molecule has 1 unspecified atom stereocenters. The van der Waals surface area contributed by atoms with Gasteiger partial charge in [-0.25, -0.2) is 0 Å². The summed E-state index contributed by atoms with van der Waals surface area (Å²) in [7, 11) is 0. The minimum atomic E-state index is -1.26. The highest BCUT2D eigenvalue weighted by atomic mass is 16.6. The Hall–Kier alpha value is -1.67. The third-order valence-corrected chi connectivity index (χ3v) is 13.1. The van der Waals surface area contributed by atoms with Gasteiger partial charge in [0.05, 0.1) is 25.7 Å². The topological polar surface area (TPSA) is 102 Å². The molecule has 0 rings (SSSR count). The van der Waals surface area contributed by atoms with Gasteiger partial charge in [0.25, 0.3) is 0 Å². The Morgan fingerprint density at radius 1 is 0.419 bits per heavy atom. The molecule has 0 bridgehead atoms. The van der Waals surface area contributed by atoms with Crippen LogP contribution in [-0.2, 0) is 28.6 Å². The molecule has 0 aliphatic heterocycles. The molecule has 0 fully saturated rings. The number of aliphatic hydroxyl groups excluding tert-OH is 1. The highest BCUT2D eigenvalue weighted by molar-refractivity contribution is 6.00. The molecule has 0 aliphatic carbocycles. The van der Waals surface area contributed by atoms with Crippen molar-refractivity contribution in [3.05, 3.63) is 0 Å². The van der Waals surface area contributed by atoms with E-state index in [1.54, 1.807) is 0 Å². The molecular formula is C54H105NO7. The third-order valence-electron chi connectivity index (χ3n) is 13.1. The van der Waals surface area contributed by atoms with Crippen molar-refractivity contribution in [3.63, 3.8) is 0 Å². The van der Waals surface area contributed by atoms with E-state index in [-0.39, 0.29) is 18.5 Å². The predicted molar refractivity (Wildman–Crippen MR) is 262 cm³/mol. The van der Waals surface area contributed by atoms with E-state index in [1.807, 2.05) is 6.92 Å². The normalized spacial score (nSPS) is 12.2. The molecule has 1 N–H and O–H groups in total. The van der Waals surface area contributed by atoms with Crippen LogP contribution in [0.2, 0.25) is 0 Å². The number of nitrogens with zero attached hydrogens (tertiary/aromatic N) is 1. The van der Waals surface area contributed by atoms with Crippen LogP contribution in [0.3, 0.4) is 0 Å². The monoisotopic (exact) mass is 880 g/mol. The van der Waals surface area contributed by atoms with Gasteiger partial charge in [0.15, 0.2) is 5.41 Å². The molecule has 0 aromatic rings. The lowest BCUT2D eigenvalue weighted by Crippen LogP contribution is -2.42. The second kappa shape index (κ2) is 45.9. The highest BCUT2D eigenvalue weighted by Gasteiger charge is 2.47. The lowest BCUT2D eigenvalue weighted by Gasteiger charge is -2.29. The largest absolute Gasteiger partial charge is 0.465 e. The number of carbonyl (C=O) groups is 3. The Morgan fingerprint density at radius 2 is 0.758 bits per heavy atom. The summed E-state index contributed by atoms with van der Waals surface area (Å²) in [5, 5.41) is 9.62. The maximum Gasteiger partial charge on any atom is 0.323 e. The Labute approximate surface area is 384 Å². The second-order valence-electron chi connectivity index (χ2n) is 18.7. The van der Waals surface area contributed by atoms with Gasteiger partial charge >= 0.3 is 17.9 Å². The number of rotatable bonds is 49. The van der Waals surface area contributed by atoms with Gasteiger partial charge in [0, 0.05) is 13.2 Å². The summed E-state index contributed by atoms with van der Waals surface area (Å²) in [5.74, 6) is -0.749. The molecular weight excluding hydrogens is 775 g/mol. The van der Waals surface area contributed by atoms with Gasteiger partial charge in [-0.05, 0) is 77.3 Å². The van der Waals surface area contributed by atoms with Crippen LogP contribution in [0.4, 0.5) is 0 Å². The number of hydrogen-bond donors (Lipinski definition) is 1. The molecule has 0 aromatic carbocycles. The van der Waals surface area contributed by atoms with Gasteiger partial charge in [-0.2, -0.15) is 0 Å². The second-order valence-corrected chi connectivity index (χ2v) is 18.7. The fourth-order valence-corrected chi connectivity index (χ4v) is 8.67. The van der Waals surface area contributed by atoms with Gasteiger partial charge in [-0.15, -0.1) is 0 Å². The summed E-state index contributed by atoms with van der Waals surface area (Å²) in [4.78, 5) is 43.0. The van der Waals surface area contributed by atoms with E-state index in [0.29, 0.717) is 32.7 Å². The van der Waals surface area contributed by atoms with Crippen LogP contribution in [0, 0.1) is 11.3 Å². The lowest BCUT2D eigenvalue weighted by atomic mass is 9.80. The van der Waals surface area contributed by atoms with Crippen molar-refractivity contribution in [2.24, 2.45) is 11.3 Å². The van der Waals surface area contributed by atoms with Crippen LogP contribution in [0.1, 0.15) is 272 Å². The molecule has 0 saturated carbocycles. The van der Waals surface area contributed by atoms with Gasteiger partial charge < -0.3 is 24.2 Å². The smallest absolute Gasteiger partial charge is 0.323 e. The first-order valence-electron chi connectivity index (χ1n) is 27.2.